The van der Waals surface area contributed by atoms with Gasteiger partial charge in [-0.15, -0.1) is 0 Å². The predicted octanol–water partition coefficient (Wildman–Crippen LogP) is 2.02. The van der Waals surface area contributed by atoms with Crippen LogP contribution in [0.25, 0.3) is 0 Å². The van der Waals surface area contributed by atoms with Gasteiger partial charge in [0.15, 0.2) is 0 Å². The summed E-state index contributed by atoms with van der Waals surface area (Å²) < 4.78 is 5.18. The van der Waals surface area contributed by atoms with Gasteiger partial charge < -0.3 is 20.4 Å². The Balaban J connectivity index is 2.17. The average molecular weight is 253 g/mol. The molecule has 1 aromatic heterocycles. The number of hydrogen-bond acceptors (Lipinski definition) is 3. The zero-order valence-corrected chi connectivity index (χ0v) is 11.5. The topological polar surface area (TPSA) is 66.2 Å². The van der Waals surface area contributed by atoms with Crippen LogP contribution in [0.1, 0.15) is 33.3 Å². The molecule has 0 bridgehead atoms. The van der Waals surface area contributed by atoms with Crippen LogP contribution in [0.15, 0.2) is 18.5 Å². The van der Waals surface area contributed by atoms with Crippen molar-refractivity contribution in [2.45, 2.75) is 45.9 Å². The monoisotopic (exact) mass is 253 g/mol. The molecule has 0 aliphatic carbocycles. The fourth-order valence-corrected chi connectivity index (χ4v) is 1.46. The molecule has 1 amide bonds. The fraction of sp³-hybridized carbons (Fsp3) is 0.615. The third-order valence-corrected chi connectivity index (χ3v) is 2.21. The van der Waals surface area contributed by atoms with Crippen LogP contribution in [-0.4, -0.2) is 29.3 Å². The smallest absolute Gasteiger partial charge is 0.407 e. The van der Waals surface area contributed by atoms with E-state index >= 15 is 0 Å². The predicted molar refractivity (Wildman–Crippen MR) is 71.3 cm³/mol. The van der Waals surface area contributed by atoms with Crippen molar-refractivity contribution in [1.29, 1.82) is 0 Å². The highest BCUT2D eigenvalue weighted by Gasteiger charge is 2.17. The third-order valence-electron chi connectivity index (χ3n) is 2.21. The molecule has 5 heteroatoms. The van der Waals surface area contributed by atoms with Crippen LogP contribution in [0.4, 0.5) is 4.79 Å². The summed E-state index contributed by atoms with van der Waals surface area (Å²) in [6.45, 7) is 8.96. The molecule has 0 aliphatic rings. The van der Waals surface area contributed by atoms with Crippen LogP contribution in [0.3, 0.4) is 0 Å². The van der Waals surface area contributed by atoms with Gasteiger partial charge in [-0.2, -0.15) is 0 Å². The van der Waals surface area contributed by atoms with E-state index in [2.05, 4.69) is 15.6 Å². The van der Waals surface area contributed by atoms with E-state index in [1.165, 1.54) is 5.56 Å². The normalized spacial score (nSPS) is 13.1. The molecule has 1 unspecified atom stereocenters. The van der Waals surface area contributed by atoms with Crippen molar-refractivity contribution >= 4 is 6.09 Å². The summed E-state index contributed by atoms with van der Waals surface area (Å²) >= 11 is 0. The molecule has 1 rings (SSSR count). The molecule has 0 saturated carbocycles. The number of nitrogens with one attached hydrogen (secondary N) is 3. The van der Waals surface area contributed by atoms with Crippen LogP contribution in [0.5, 0.6) is 0 Å². The minimum atomic E-state index is -0.456. The molecule has 1 atom stereocenters. The maximum Gasteiger partial charge on any atom is 0.407 e. The molecule has 1 aromatic rings. The Kier molecular flexibility index (Phi) is 5.22. The van der Waals surface area contributed by atoms with Gasteiger partial charge >= 0.3 is 6.09 Å². The van der Waals surface area contributed by atoms with E-state index in [4.69, 9.17) is 4.74 Å². The molecule has 0 aromatic carbocycles. The number of H-pyrrole nitrogens is 1. The van der Waals surface area contributed by atoms with Crippen LogP contribution in [0, 0.1) is 0 Å². The molecule has 0 radical (unpaired) electrons. The Bertz CT molecular complexity index is 355. The highest BCUT2D eigenvalue weighted by molar-refractivity contribution is 5.68. The fourth-order valence-electron chi connectivity index (χ4n) is 1.46. The molecule has 0 saturated heterocycles. The molecular weight excluding hydrogens is 230 g/mol. The molecule has 1 heterocycles. The number of carbonyl (C=O) groups excluding carboxylic acids is 1. The van der Waals surface area contributed by atoms with Gasteiger partial charge in [-0.05, 0) is 39.3 Å². The maximum atomic E-state index is 11.5. The Labute approximate surface area is 108 Å². The lowest BCUT2D eigenvalue weighted by Crippen LogP contribution is -2.42. The van der Waals surface area contributed by atoms with Crippen molar-refractivity contribution in [2.75, 3.05) is 6.54 Å². The second kappa shape index (κ2) is 6.44. The minimum Gasteiger partial charge on any atom is -0.444 e. The van der Waals surface area contributed by atoms with Gasteiger partial charge in [-0.1, -0.05) is 0 Å². The van der Waals surface area contributed by atoms with E-state index in [1.54, 1.807) is 0 Å². The summed E-state index contributed by atoms with van der Waals surface area (Å²) in [7, 11) is 0. The lowest BCUT2D eigenvalue weighted by atomic mass is 10.2. The number of carbonyl (C=O) groups is 1. The Hall–Kier alpha value is -1.49. The SMILES string of the molecule is CC(CNCc1cc[nH]c1)NC(=O)OC(C)(C)C. The summed E-state index contributed by atoms with van der Waals surface area (Å²) in [5.41, 5.74) is 0.738. The average Bonchev–Trinajstić information content (AvgIpc) is 2.66. The number of hydrogen-bond donors (Lipinski definition) is 3. The zero-order valence-electron chi connectivity index (χ0n) is 11.5. The van der Waals surface area contributed by atoms with Crippen LogP contribution in [-0.2, 0) is 11.3 Å². The van der Waals surface area contributed by atoms with Crippen molar-refractivity contribution < 1.29 is 9.53 Å². The largest absolute Gasteiger partial charge is 0.444 e. The minimum absolute atomic E-state index is 0.0267. The highest BCUT2D eigenvalue weighted by atomic mass is 16.6. The first-order valence-electron chi connectivity index (χ1n) is 6.19. The van der Waals surface area contributed by atoms with Crippen molar-refractivity contribution in [1.82, 2.24) is 15.6 Å². The number of amides is 1. The van der Waals surface area contributed by atoms with Gasteiger partial charge in [-0.3, -0.25) is 0 Å². The van der Waals surface area contributed by atoms with Crippen LogP contribution in [0.2, 0.25) is 0 Å². The van der Waals surface area contributed by atoms with E-state index in [-0.39, 0.29) is 12.1 Å². The third kappa shape index (κ3) is 6.30. The molecule has 5 nitrogen and oxygen atoms in total. The highest BCUT2D eigenvalue weighted by Crippen LogP contribution is 2.06. The maximum absolute atomic E-state index is 11.5. The summed E-state index contributed by atoms with van der Waals surface area (Å²) in [4.78, 5) is 14.5. The quantitative estimate of drug-likeness (QED) is 0.752. The summed E-state index contributed by atoms with van der Waals surface area (Å²) in [6.07, 6.45) is 3.46. The van der Waals surface area contributed by atoms with Gasteiger partial charge in [0.1, 0.15) is 5.60 Å². The Morgan fingerprint density at radius 2 is 2.22 bits per heavy atom. The van der Waals surface area contributed by atoms with Crippen molar-refractivity contribution in [3.05, 3.63) is 24.0 Å². The van der Waals surface area contributed by atoms with E-state index in [1.807, 2.05) is 46.2 Å². The standard InChI is InChI=1S/C13H23N3O2/c1-10(16-12(17)18-13(2,3)4)7-15-9-11-5-6-14-8-11/h5-6,8,10,14-15H,7,9H2,1-4H3,(H,16,17). The van der Waals surface area contributed by atoms with E-state index in [9.17, 15) is 4.79 Å². The van der Waals surface area contributed by atoms with Gasteiger partial charge in [0.2, 0.25) is 0 Å². The molecule has 0 fully saturated rings. The van der Waals surface area contributed by atoms with Gasteiger partial charge in [0, 0.05) is 31.5 Å². The molecule has 18 heavy (non-hydrogen) atoms. The van der Waals surface area contributed by atoms with Gasteiger partial charge in [0.25, 0.3) is 0 Å². The van der Waals surface area contributed by atoms with Crippen molar-refractivity contribution in [3.63, 3.8) is 0 Å². The first-order chi connectivity index (χ1) is 8.37. The summed E-state index contributed by atoms with van der Waals surface area (Å²) in [6, 6.07) is 2.04. The molecule has 0 aliphatic heterocycles. The summed E-state index contributed by atoms with van der Waals surface area (Å²) in [5.74, 6) is 0. The number of alkyl carbamates (subject to hydrolysis) is 1. The van der Waals surface area contributed by atoms with Gasteiger partial charge in [0.05, 0.1) is 0 Å². The first-order valence-corrected chi connectivity index (χ1v) is 6.19. The van der Waals surface area contributed by atoms with Crippen molar-refractivity contribution in [2.24, 2.45) is 0 Å². The van der Waals surface area contributed by atoms with E-state index in [0.717, 1.165) is 6.54 Å². The van der Waals surface area contributed by atoms with Crippen molar-refractivity contribution in [3.8, 4) is 0 Å². The number of rotatable bonds is 5. The van der Waals surface area contributed by atoms with Crippen LogP contribution >= 0.6 is 0 Å². The zero-order chi connectivity index (χ0) is 13.6. The number of ether oxygens (including phenoxy) is 1. The number of aromatic amines is 1. The lowest BCUT2D eigenvalue weighted by molar-refractivity contribution is 0.0508. The Morgan fingerprint density at radius 1 is 1.50 bits per heavy atom. The summed E-state index contributed by atoms with van der Waals surface area (Å²) in [5, 5.41) is 6.05. The van der Waals surface area contributed by atoms with Crippen LogP contribution < -0.4 is 10.6 Å². The Morgan fingerprint density at radius 3 is 2.78 bits per heavy atom. The molecule has 102 valence electrons. The van der Waals surface area contributed by atoms with Gasteiger partial charge in [-0.25, -0.2) is 4.79 Å². The number of aromatic nitrogens is 1. The van der Waals surface area contributed by atoms with E-state index < -0.39 is 5.60 Å². The molecular formula is C13H23N3O2. The molecule has 3 N–H and O–H groups in total. The second-order valence-corrected chi connectivity index (χ2v) is 5.40. The van der Waals surface area contributed by atoms with E-state index in [0.29, 0.717) is 6.54 Å². The second-order valence-electron chi connectivity index (χ2n) is 5.40. The molecule has 0 spiro atoms. The lowest BCUT2D eigenvalue weighted by Gasteiger charge is -2.22. The first kappa shape index (κ1) is 14.6.